The summed E-state index contributed by atoms with van der Waals surface area (Å²) in [4.78, 5) is 3.74. The van der Waals surface area contributed by atoms with Crippen LogP contribution in [0.5, 0.6) is 0 Å². The second kappa shape index (κ2) is 5.98. The lowest BCUT2D eigenvalue weighted by atomic mass is 9.68. The molecule has 2 nitrogen and oxygen atoms in total. The molecule has 0 heterocycles. The highest BCUT2D eigenvalue weighted by Gasteiger charge is 2.37. The van der Waals surface area contributed by atoms with Crippen molar-refractivity contribution in [1.82, 2.24) is 5.32 Å². The summed E-state index contributed by atoms with van der Waals surface area (Å²) < 4.78 is 0. The Morgan fingerprint density at radius 2 is 1.94 bits per heavy atom. The van der Waals surface area contributed by atoms with Gasteiger partial charge in [0, 0.05) is 36.1 Å². The van der Waals surface area contributed by atoms with E-state index in [9.17, 15) is 0 Å². The molecule has 1 aliphatic carbocycles. The third kappa shape index (κ3) is 3.01. The summed E-state index contributed by atoms with van der Waals surface area (Å²) in [5, 5.41) is 3.36. The molecule has 1 fully saturated rings. The van der Waals surface area contributed by atoms with E-state index in [-0.39, 0.29) is 0 Å². The van der Waals surface area contributed by atoms with Gasteiger partial charge in [0.25, 0.3) is 0 Å². The number of nitrogens with zero attached hydrogens (tertiary/aromatic N) is 1. The van der Waals surface area contributed by atoms with E-state index in [2.05, 4.69) is 54.8 Å². The Hall–Kier alpha value is -0.670. The Kier molecular flexibility index (Phi) is 4.57. The molecule has 0 spiro atoms. The van der Waals surface area contributed by atoms with E-state index < -0.39 is 0 Å². The van der Waals surface area contributed by atoms with Crippen LogP contribution >= 0.6 is 11.8 Å². The van der Waals surface area contributed by atoms with Crippen molar-refractivity contribution in [2.24, 2.45) is 5.41 Å². The van der Waals surface area contributed by atoms with E-state index in [0.717, 1.165) is 13.1 Å². The van der Waals surface area contributed by atoms with Crippen LogP contribution in [0, 0.1) is 5.41 Å². The highest BCUT2D eigenvalue weighted by Crippen LogP contribution is 2.41. The maximum absolute atomic E-state index is 3.36. The zero-order valence-corrected chi connectivity index (χ0v) is 12.5. The number of benzene rings is 1. The van der Waals surface area contributed by atoms with Gasteiger partial charge in [-0.3, -0.25) is 0 Å². The molecular formula is C15H24N2S. The first-order chi connectivity index (χ1) is 8.69. The van der Waals surface area contributed by atoms with Gasteiger partial charge in [-0.15, -0.1) is 11.8 Å². The van der Waals surface area contributed by atoms with Crippen LogP contribution in [0.2, 0.25) is 0 Å². The summed E-state index contributed by atoms with van der Waals surface area (Å²) in [6, 6.07) is 8.89. The molecule has 0 unspecified atom stereocenters. The molecule has 100 valence electrons. The van der Waals surface area contributed by atoms with Gasteiger partial charge in [-0.1, -0.05) is 6.42 Å². The summed E-state index contributed by atoms with van der Waals surface area (Å²) in [6.07, 6.45) is 6.23. The number of nitrogens with one attached hydrogen (secondary N) is 1. The van der Waals surface area contributed by atoms with E-state index in [0.29, 0.717) is 5.41 Å². The first-order valence-corrected chi connectivity index (χ1v) is 7.91. The predicted octanol–water partition coefficient (Wildman–Crippen LogP) is 3.23. The Balaban J connectivity index is 1.99. The van der Waals surface area contributed by atoms with Crippen LogP contribution in [0.1, 0.15) is 19.3 Å². The summed E-state index contributed by atoms with van der Waals surface area (Å²) in [5.41, 5.74) is 1.83. The van der Waals surface area contributed by atoms with Crippen LogP contribution in [-0.2, 0) is 0 Å². The maximum atomic E-state index is 3.36. The SMILES string of the molecule is CNCC1(CN(C)c2ccc(SC)cc2)CCC1. The normalized spacial score (nSPS) is 17.3. The van der Waals surface area contributed by atoms with Gasteiger partial charge in [0.1, 0.15) is 0 Å². The predicted molar refractivity (Wildman–Crippen MR) is 81.7 cm³/mol. The monoisotopic (exact) mass is 264 g/mol. The molecule has 0 aromatic heterocycles. The number of rotatable bonds is 6. The molecule has 2 rings (SSSR count). The van der Waals surface area contributed by atoms with Gasteiger partial charge in [0.2, 0.25) is 0 Å². The highest BCUT2D eigenvalue weighted by atomic mass is 32.2. The lowest BCUT2D eigenvalue weighted by Crippen LogP contribution is -2.47. The van der Waals surface area contributed by atoms with Crippen molar-refractivity contribution in [3.8, 4) is 0 Å². The zero-order valence-electron chi connectivity index (χ0n) is 11.7. The molecule has 0 radical (unpaired) electrons. The fourth-order valence-electron chi connectivity index (χ4n) is 2.87. The highest BCUT2D eigenvalue weighted by molar-refractivity contribution is 7.98. The molecule has 1 saturated carbocycles. The molecule has 1 N–H and O–H groups in total. The Bertz CT molecular complexity index is 371. The van der Waals surface area contributed by atoms with Gasteiger partial charge in [0.15, 0.2) is 0 Å². The standard InChI is InChI=1S/C15H24N2S/c1-16-11-15(9-4-10-15)12-17(2)13-5-7-14(18-3)8-6-13/h5-8,16H,4,9-12H2,1-3H3. The van der Waals surface area contributed by atoms with Crippen molar-refractivity contribution in [1.29, 1.82) is 0 Å². The molecule has 0 bridgehead atoms. The third-order valence-electron chi connectivity index (χ3n) is 4.05. The number of anilines is 1. The molecule has 18 heavy (non-hydrogen) atoms. The topological polar surface area (TPSA) is 15.3 Å². The van der Waals surface area contributed by atoms with Crippen molar-refractivity contribution in [3.63, 3.8) is 0 Å². The first-order valence-electron chi connectivity index (χ1n) is 6.69. The fraction of sp³-hybridized carbons (Fsp3) is 0.600. The smallest absolute Gasteiger partial charge is 0.0364 e. The minimum absolute atomic E-state index is 0.502. The van der Waals surface area contributed by atoms with Crippen LogP contribution in [0.25, 0.3) is 0 Å². The molecule has 0 saturated heterocycles. The maximum Gasteiger partial charge on any atom is 0.0364 e. The molecule has 0 atom stereocenters. The quantitative estimate of drug-likeness (QED) is 0.794. The average Bonchev–Trinajstić information content (AvgIpc) is 2.36. The van der Waals surface area contributed by atoms with Crippen LogP contribution < -0.4 is 10.2 Å². The van der Waals surface area contributed by atoms with E-state index >= 15 is 0 Å². The van der Waals surface area contributed by atoms with Crippen LogP contribution in [0.3, 0.4) is 0 Å². The number of hydrogen-bond donors (Lipinski definition) is 1. The van der Waals surface area contributed by atoms with Gasteiger partial charge in [0.05, 0.1) is 0 Å². The van der Waals surface area contributed by atoms with E-state index in [4.69, 9.17) is 0 Å². The molecule has 1 aliphatic rings. The molecule has 3 heteroatoms. The number of thioether (sulfide) groups is 1. The minimum Gasteiger partial charge on any atom is -0.374 e. The van der Waals surface area contributed by atoms with Gasteiger partial charge >= 0.3 is 0 Å². The van der Waals surface area contributed by atoms with Gasteiger partial charge in [-0.25, -0.2) is 0 Å². The van der Waals surface area contributed by atoms with Crippen molar-refractivity contribution in [3.05, 3.63) is 24.3 Å². The Morgan fingerprint density at radius 3 is 2.39 bits per heavy atom. The third-order valence-corrected chi connectivity index (χ3v) is 4.80. The summed E-state index contributed by atoms with van der Waals surface area (Å²) in [7, 11) is 4.27. The van der Waals surface area contributed by atoms with Crippen molar-refractivity contribution < 1.29 is 0 Å². The van der Waals surface area contributed by atoms with Gasteiger partial charge in [-0.05, 0) is 50.4 Å². The largest absolute Gasteiger partial charge is 0.374 e. The molecule has 1 aromatic rings. The molecule has 0 aliphatic heterocycles. The lowest BCUT2D eigenvalue weighted by molar-refractivity contribution is 0.143. The Labute approximate surface area is 115 Å². The average molecular weight is 264 g/mol. The van der Waals surface area contributed by atoms with E-state index in [1.54, 1.807) is 11.8 Å². The summed E-state index contributed by atoms with van der Waals surface area (Å²) >= 11 is 1.80. The van der Waals surface area contributed by atoms with Crippen molar-refractivity contribution >= 4 is 17.4 Å². The summed E-state index contributed by atoms with van der Waals surface area (Å²) in [6.45, 7) is 2.30. The van der Waals surface area contributed by atoms with E-state index in [1.807, 2.05) is 0 Å². The van der Waals surface area contributed by atoms with E-state index in [1.165, 1.54) is 29.8 Å². The first kappa shape index (κ1) is 13.8. The van der Waals surface area contributed by atoms with Gasteiger partial charge < -0.3 is 10.2 Å². The summed E-state index contributed by atoms with van der Waals surface area (Å²) in [5.74, 6) is 0. The molecule has 1 aromatic carbocycles. The Morgan fingerprint density at radius 1 is 1.28 bits per heavy atom. The molecular weight excluding hydrogens is 240 g/mol. The lowest BCUT2D eigenvalue weighted by Gasteiger charge is -2.45. The van der Waals surface area contributed by atoms with Crippen molar-refractivity contribution in [2.75, 3.05) is 38.3 Å². The number of hydrogen-bond acceptors (Lipinski definition) is 3. The van der Waals surface area contributed by atoms with Crippen molar-refractivity contribution in [2.45, 2.75) is 24.2 Å². The minimum atomic E-state index is 0.502. The fourth-order valence-corrected chi connectivity index (χ4v) is 3.28. The van der Waals surface area contributed by atoms with Crippen LogP contribution in [0.4, 0.5) is 5.69 Å². The second-order valence-corrected chi connectivity index (χ2v) is 6.32. The second-order valence-electron chi connectivity index (χ2n) is 5.44. The zero-order chi connectivity index (χ0) is 13.0. The molecule has 0 amide bonds. The van der Waals surface area contributed by atoms with Crippen LogP contribution in [-0.4, -0.2) is 33.4 Å². The van der Waals surface area contributed by atoms with Crippen LogP contribution in [0.15, 0.2) is 29.2 Å². The van der Waals surface area contributed by atoms with Gasteiger partial charge in [-0.2, -0.15) is 0 Å².